The van der Waals surface area contributed by atoms with Crippen LogP contribution in [0, 0.1) is 6.92 Å². The number of ether oxygens (including phenoxy) is 1. The first kappa shape index (κ1) is 22.7. The maximum Gasteiger partial charge on any atom is 0.240 e. The van der Waals surface area contributed by atoms with E-state index < -0.39 is 0 Å². The second-order valence-corrected chi connectivity index (χ2v) is 6.66. The molecule has 0 aliphatic heterocycles. The summed E-state index contributed by atoms with van der Waals surface area (Å²) in [5.41, 5.74) is 5.50. The number of hydrogen-bond donors (Lipinski definition) is 3. The number of aryl methyl sites for hydroxylation is 1. The molecule has 7 heteroatoms. The van der Waals surface area contributed by atoms with E-state index in [1.165, 1.54) is 6.21 Å². The van der Waals surface area contributed by atoms with E-state index in [-0.39, 0.29) is 30.4 Å². The van der Waals surface area contributed by atoms with E-state index >= 15 is 0 Å². The molecule has 0 aliphatic rings. The molecule has 0 spiro atoms. The van der Waals surface area contributed by atoms with Gasteiger partial charge in [-0.15, -0.1) is 6.58 Å². The Bertz CT molecular complexity index is 921. The number of rotatable bonds is 10. The molecule has 0 saturated heterocycles. The predicted octanol–water partition coefficient (Wildman–Crippen LogP) is 3.70. The highest BCUT2D eigenvalue weighted by Gasteiger charge is 2.10. The summed E-state index contributed by atoms with van der Waals surface area (Å²) in [6.07, 6.45) is 3.66. The van der Waals surface area contributed by atoms with Gasteiger partial charge in [-0.1, -0.05) is 23.8 Å². The lowest BCUT2D eigenvalue weighted by atomic mass is 10.1. The van der Waals surface area contributed by atoms with Crippen LogP contribution in [0.3, 0.4) is 0 Å². The molecule has 0 radical (unpaired) electrons. The zero-order valence-corrected chi connectivity index (χ0v) is 17.3. The lowest BCUT2D eigenvalue weighted by Crippen LogP contribution is -2.20. The molecular weight excluding hydrogens is 382 g/mol. The number of phenols is 1. The molecule has 2 aromatic carbocycles. The summed E-state index contributed by atoms with van der Waals surface area (Å²) in [6.45, 7) is 7.87. The number of nitrogens with zero attached hydrogens (tertiary/aromatic N) is 1. The van der Waals surface area contributed by atoms with Gasteiger partial charge >= 0.3 is 0 Å². The van der Waals surface area contributed by atoms with E-state index in [2.05, 4.69) is 22.4 Å². The molecule has 0 aliphatic carbocycles. The number of carbonyl (C=O) groups excluding carboxylic acids is 2. The van der Waals surface area contributed by atoms with Crippen molar-refractivity contribution in [3.05, 3.63) is 65.7 Å². The SMILES string of the molecule is C=CCc1cc(C=NNC(=O)CCC(=O)Nc2ccc(C)cc2)cc(OCC)c1O. The maximum atomic E-state index is 12.0. The van der Waals surface area contributed by atoms with Crippen LogP contribution in [0.4, 0.5) is 5.69 Å². The number of hydrogen-bond acceptors (Lipinski definition) is 5. The van der Waals surface area contributed by atoms with Crippen LogP contribution in [0.15, 0.2) is 54.2 Å². The summed E-state index contributed by atoms with van der Waals surface area (Å²) in [5, 5.41) is 16.9. The highest BCUT2D eigenvalue weighted by atomic mass is 16.5. The molecule has 0 aromatic heterocycles. The topological polar surface area (TPSA) is 100 Å². The molecule has 0 saturated carbocycles. The van der Waals surface area contributed by atoms with Gasteiger partial charge in [0.1, 0.15) is 0 Å². The standard InChI is InChI=1S/C23H27N3O4/c1-4-6-18-13-17(14-20(23(18)29)30-5-2)15-24-26-22(28)12-11-21(27)25-19-9-7-16(3)8-10-19/h4,7-10,13-15,29H,1,5-6,11-12H2,2-3H3,(H,25,27)(H,26,28). The van der Waals surface area contributed by atoms with Crippen molar-refractivity contribution in [2.24, 2.45) is 5.10 Å². The molecule has 2 amide bonds. The zero-order valence-electron chi connectivity index (χ0n) is 17.3. The summed E-state index contributed by atoms with van der Waals surface area (Å²) in [6, 6.07) is 10.8. The van der Waals surface area contributed by atoms with Gasteiger partial charge in [-0.2, -0.15) is 5.10 Å². The molecule has 0 fully saturated rings. The Morgan fingerprint density at radius 2 is 1.87 bits per heavy atom. The number of aromatic hydroxyl groups is 1. The van der Waals surface area contributed by atoms with Crippen LogP contribution in [0.2, 0.25) is 0 Å². The van der Waals surface area contributed by atoms with Gasteiger partial charge in [0.05, 0.1) is 12.8 Å². The average molecular weight is 409 g/mol. The Labute approximate surface area is 176 Å². The smallest absolute Gasteiger partial charge is 0.240 e. The fourth-order valence-corrected chi connectivity index (χ4v) is 2.66. The minimum Gasteiger partial charge on any atom is -0.504 e. The van der Waals surface area contributed by atoms with Gasteiger partial charge in [-0.25, -0.2) is 5.43 Å². The molecule has 30 heavy (non-hydrogen) atoms. The summed E-state index contributed by atoms with van der Waals surface area (Å²) < 4.78 is 5.43. The van der Waals surface area contributed by atoms with Crippen LogP contribution in [-0.4, -0.2) is 29.7 Å². The third-order valence-corrected chi connectivity index (χ3v) is 4.16. The van der Waals surface area contributed by atoms with E-state index in [0.29, 0.717) is 35.6 Å². The van der Waals surface area contributed by atoms with E-state index in [9.17, 15) is 14.7 Å². The monoisotopic (exact) mass is 409 g/mol. The quantitative estimate of drug-likeness (QED) is 0.316. The van der Waals surface area contributed by atoms with E-state index in [4.69, 9.17) is 4.74 Å². The maximum absolute atomic E-state index is 12.0. The zero-order chi connectivity index (χ0) is 21.9. The summed E-state index contributed by atoms with van der Waals surface area (Å²) in [5.74, 6) is -0.206. The van der Waals surface area contributed by atoms with Crippen LogP contribution in [0.1, 0.15) is 36.5 Å². The van der Waals surface area contributed by atoms with Gasteiger partial charge in [0, 0.05) is 24.1 Å². The highest BCUT2D eigenvalue weighted by Crippen LogP contribution is 2.31. The number of nitrogens with one attached hydrogen (secondary N) is 2. The van der Waals surface area contributed by atoms with Gasteiger partial charge in [-0.3, -0.25) is 9.59 Å². The van der Waals surface area contributed by atoms with Crippen molar-refractivity contribution in [3.8, 4) is 11.5 Å². The van der Waals surface area contributed by atoms with Crippen molar-refractivity contribution >= 4 is 23.7 Å². The first-order valence-electron chi connectivity index (χ1n) is 9.71. The van der Waals surface area contributed by atoms with E-state index in [1.807, 2.05) is 38.1 Å². The van der Waals surface area contributed by atoms with E-state index in [0.717, 1.165) is 5.56 Å². The second-order valence-electron chi connectivity index (χ2n) is 6.66. The molecule has 0 bridgehead atoms. The van der Waals surface area contributed by atoms with Crippen molar-refractivity contribution in [2.45, 2.75) is 33.1 Å². The normalized spacial score (nSPS) is 10.6. The summed E-state index contributed by atoms with van der Waals surface area (Å²) >= 11 is 0. The largest absolute Gasteiger partial charge is 0.504 e. The van der Waals surface area contributed by atoms with Crippen LogP contribution >= 0.6 is 0 Å². The van der Waals surface area contributed by atoms with Crippen molar-refractivity contribution in [1.82, 2.24) is 5.43 Å². The minimum atomic E-state index is -0.375. The van der Waals surface area contributed by atoms with E-state index in [1.54, 1.807) is 18.2 Å². The molecule has 158 valence electrons. The Morgan fingerprint density at radius 1 is 1.17 bits per heavy atom. The minimum absolute atomic E-state index is 0.0104. The highest BCUT2D eigenvalue weighted by molar-refractivity contribution is 5.93. The lowest BCUT2D eigenvalue weighted by Gasteiger charge is -2.10. The second kappa shape index (κ2) is 11.4. The van der Waals surface area contributed by atoms with Crippen LogP contribution in [-0.2, 0) is 16.0 Å². The predicted molar refractivity (Wildman–Crippen MR) is 118 cm³/mol. The van der Waals surface area contributed by atoms with Gasteiger partial charge < -0.3 is 15.2 Å². The van der Waals surface area contributed by atoms with Crippen molar-refractivity contribution < 1.29 is 19.4 Å². The number of benzene rings is 2. The van der Waals surface area contributed by atoms with Gasteiger partial charge in [0.2, 0.25) is 11.8 Å². The number of anilines is 1. The van der Waals surface area contributed by atoms with Gasteiger partial charge in [-0.05, 0) is 50.1 Å². The van der Waals surface area contributed by atoms with Crippen molar-refractivity contribution in [2.75, 3.05) is 11.9 Å². The molecule has 0 unspecified atom stereocenters. The van der Waals surface area contributed by atoms with Gasteiger partial charge in [0.15, 0.2) is 11.5 Å². The number of allylic oxidation sites excluding steroid dienone is 1. The first-order valence-corrected chi connectivity index (χ1v) is 9.71. The Balaban J connectivity index is 1.88. The Morgan fingerprint density at radius 3 is 2.53 bits per heavy atom. The number of hydrazone groups is 1. The molecular formula is C23H27N3O4. The fraction of sp³-hybridized carbons (Fsp3) is 0.261. The number of phenolic OH excluding ortho intramolecular Hbond substituents is 1. The number of carbonyl (C=O) groups is 2. The van der Waals surface area contributed by atoms with Crippen LogP contribution in [0.5, 0.6) is 11.5 Å². The summed E-state index contributed by atoms with van der Waals surface area (Å²) in [4.78, 5) is 23.9. The third-order valence-electron chi connectivity index (χ3n) is 4.16. The molecule has 7 nitrogen and oxygen atoms in total. The van der Waals surface area contributed by atoms with Gasteiger partial charge in [0.25, 0.3) is 0 Å². The first-order chi connectivity index (χ1) is 14.4. The van der Waals surface area contributed by atoms with Crippen LogP contribution in [0.25, 0.3) is 0 Å². The van der Waals surface area contributed by atoms with Crippen LogP contribution < -0.4 is 15.5 Å². The summed E-state index contributed by atoms with van der Waals surface area (Å²) in [7, 11) is 0. The average Bonchev–Trinajstić information content (AvgIpc) is 2.72. The van der Waals surface area contributed by atoms with Crippen molar-refractivity contribution in [1.29, 1.82) is 0 Å². The molecule has 2 rings (SSSR count). The molecule has 3 N–H and O–H groups in total. The third kappa shape index (κ3) is 7.09. The lowest BCUT2D eigenvalue weighted by molar-refractivity contribution is -0.124. The van der Waals surface area contributed by atoms with Crippen molar-refractivity contribution in [3.63, 3.8) is 0 Å². The Hall–Kier alpha value is -3.61. The molecule has 0 atom stereocenters. The Kier molecular flexibility index (Phi) is 8.62. The molecule has 2 aromatic rings. The number of amides is 2. The fourth-order valence-electron chi connectivity index (χ4n) is 2.66. The molecule has 0 heterocycles.